The Hall–Kier alpha value is -4.46. The fraction of sp³-hybridized carbons (Fsp3) is 0.238. The maximum atomic E-state index is 12.5. The van der Waals surface area contributed by atoms with E-state index in [9.17, 15) is 19.6 Å². The molecule has 2 aromatic heterocycles. The molecule has 3 aromatic rings. The minimum Gasteiger partial charge on any atom is -0.483 e. The summed E-state index contributed by atoms with van der Waals surface area (Å²) in [5, 5.41) is 13.0. The molecule has 3 rings (SSSR count). The van der Waals surface area contributed by atoms with E-state index >= 15 is 0 Å². The van der Waals surface area contributed by atoms with Crippen LogP contribution in [0, 0.1) is 17.2 Å². The van der Waals surface area contributed by atoms with Gasteiger partial charge >= 0.3 is 12.0 Å². The van der Waals surface area contributed by atoms with Crippen LogP contribution >= 0.6 is 0 Å². The largest absolute Gasteiger partial charge is 0.483 e. The number of ether oxygens (including phenoxy) is 3. The fourth-order valence-electron chi connectivity index (χ4n) is 2.56. The van der Waals surface area contributed by atoms with Crippen LogP contribution < -0.4 is 9.47 Å². The first-order chi connectivity index (χ1) is 15.4. The third kappa shape index (κ3) is 5.17. The van der Waals surface area contributed by atoms with Crippen LogP contribution in [0.4, 0.5) is 0 Å². The first-order valence-corrected chi connectivity index (χ1v) is 9.47. The molecule has 0 aliphatic rings. The van der Waals surface area contributed by atoms with Crippen LogP contribution in [-0.2, 0) is 9.53 Å². The van der Waals surface area contributed by atoms with Crippen LogP contribution in [0.2, 0.25) is 0 Å². The van der Waals surface area contributed by atoms with Gasteiger partial charge in [-0.2, -0.15) is 15.3 Å². The monoisotopic (exact) mass is 438 g/mol. The van der Waals surface area contributed by atoms with Gasteiger partial charge in [0.2, 0.25) is 0 Å². The summed E-state index contributed by atoms with van der Waals surface area (Å²) < 4.78 is 21.8. The van der Waals surface area contributed by atoms with E-state index in [1.54, 1.807) is 13.0 Å². The number of carbonyl (C=O) groups excluding carboxylic acids is 3. The third-order valence-electron chi connectivity index (χ3n) is 4.10. The molecule has 0 saturated heterocycles. The van der Waals surface area contributed by atoms with E-state index in [1.165, 1.54) is 49.6 Å². The number of nitriles is 1. The molecule has 0 aliphatic heterocycles. The van der Waals surface area contributed by atoms with Gasteiger partial charge in [0.1, 0.15) is 17.8 Å². The van der Waals surface area contributed by atoms with Crippen molar-refractivity contribution in [3.63, 3.8) is 0 Å². The van der Waals surface area contributed by atoms with E-state index < -0.39 is 29.7 Å². The molecule has 0 fully saturated rings. The van der Waals surface area contributed by atoms with Crippen LogP contribution in [0.1, 0.15) is 29.1 Å². The van der Waals surface area contributed by atoms with Gasteiger partial charge in [0.25, 0.3) is 5.91 Å². The van der Waals surface area contributed by atoms with E-state index in [1.807, 2.05) is 0 Å². The molecule has 2 atom stereocenters. The minimum absolute atomic E-state index is 0.0224. The molecule has 11 nitrogen and oxygen atoms in total. The molecule has 164 valence electrons. The maximum Gasteiger partial charge on any atom is 0.399 e. The van der Waals surface area contributed by atoms with Gasteiger partial charge in [0.15, 0.2) is 23.5 Å². The van der Waals surface area contributed by atoms with Gasteiger partial charge in [-0.25, -0.2) is 9.48 Å². The smallest absolute Gasteiger partial charge is 0.399 e. The summed E-state index contributed by atoms with van der Waals surface area (Å²) >= 11 is 0. The second-order valence-corrected chi connectivity index (χ2v) is 6.31. The Morgan fingerprint density at radius 3 is 2.56 bits per heavy atom. The molecule has 0 radical (unpaired) electrons. The van der Waals surface area contributed by atoms with Gasteiger partial charge < -0.3 is 18.6 Å². The number of aromatic nitrogens is 3. The molecule has 0 bridgehead atoms. The number of ketones is 1. The van der Waals surface area contributed by atoms with Crippen LogP contribution in [0.3, 0.4) is 0 Å². The molecule has 0 N–H and O–H groups in total. The second kappa shape index (κ2) is 10.0. The first-order valence-electron chi connectivity index (χ1n) is 9.47. The number of carbonyl (C=O) groups is 3. The molecule has 1 aromatic carbocycles. The Bertz CT molecular complexity index is 1130. The number of hydrogen-bond donors (Lipinski definition) is 0. The molecular weight excluding hydrogens is 420 g/mol. The summed E-state index contributed by atoms with van der Waals surface area (Å²) in [5.41, 5.74) is -0.0224. The standard InChI is InChI=1S/C21H18N4O7/c1-3-29-20(28)17-12-30-21(24-17)32-15-7-5-14(6-8-15)31-13(2)18(26)16(11-22)19(27)25-10-4-9-23-25/h4-10,12-13,16H,3H2,1-2H3. The Labute approximate surface area is 182 Å². The van der Waals surface area contributed by atoms with Gasteiger partial charge in [-0.3, -0.25) is 9.59 Å². The Morgan fingerprint density at radius 2 is 1.94 bits per heavy atom. The van der Waals surface area contributed by atoms with Crippen LogP contribution in [0.25, 0.3) is 0 Å². The molecule has 32 heavy (non-hydrogen) atoms. The number of hydrogen-bond acceptors (Lipinski definition) is 10. The van der Waals surface area contributed by atoms with Gasteiger partial charge in [-0.15, -0.1) is 0 Å². The third-order valence-corrected chi connectivity index (χ3v) is 4.10. The van der Waals surface area contributed by atoms with Crippen molar-refractivity contribution in [3.8, 4) is 23.6 Å². The average Bonchev–Trinajstić information content (AvgIpc) is 3.48. The molecule has 11 heteroatoms. The Balaban J connectivity index is 1.60. The summed E-state index contributed by atoms with van der Waals surface area (Å²) in [4.78, 5) is 40.3. The maximum absolute atomic E-state index is 12.5. The number of nitrogens with zero attached hydrogens (tertiary/aromatic N) is 4. The van der Waals surface area contributed by atoms with Crippen LogP contribution in [0.15, 0.2) is 53.4 Å². The van der Waals surface area contributed by atoms with Gasteiger partial charge in [0, 0.05) is 12.4 Å². The molecular formula is C21H18N4O7. The highest BCUT2D eigenvalue weighted by Crippen LogP contribution is 2.24. The van der Waals surface area contributed by atoms with E-state index in [0.29, 0.717) is 11.5 Å². The van der Waals surface area contributed by atoms with Crippen molar-refractivity contribution in [3.05, 3.63) is 54.7 Å². The summed E-state index contributed by atoms with van der Waals surface area (Å²) in [6.45, 7) is 3.32. The highest BCUT2D eigenvalue weighted by molar-refractivity contribution is 6.06. The van der Waals surface area contributed by atoms with Crippen molar-refractivity contribution in [2.75, 3.05) is 6.61 Å². The van der Waals surface area contributed by atoms with Crippen molar-refractivity contribution in [1.82, 2.24) is 14.8 Å². The predicted octanol–water partition coefficient (Wildman–Crippen LogP) is 2.66. The quantitative estimate of drug-likeness (QED) is 0.361. The van der Waals surface area contributed by atoms with Crippen molar-refractivity contribution >= 4 is 17.7 Å². The zero-order valence-corrected chi connectivity index (χ0v) is 17.1. The molecule has 2 unspecified atom stereocenters. The van der Waals surface area contributed by atoms with Gasteiger partial charge in [0.05, 0.1) is 12.7 Å². The van der Waals surface area contributed by atoms with Crippen molar-refractivity contribution in [2.24, 2.45) is 5.92 Å². The summed E-state index contributed by atoms with van der Waals surface area (Å²) in [5.74, 6) is -2.99. The average molecular weight is 438 g/mol. The number of benzene rings is 1. The highest BCUT2D eigenvalue weighted by Gasteiger charge is 2.32. The normalized spacial score (nSPS) is 12.3. The lowest BCUT2D eigenvalue weighted by Crippen LogP contribution is -2.36. The summed E-state index contributed by atoms with van der Waals surface area (Å²) in [7, 11) is 0. The number of oxazole rings is 1. The molecule has 0 spiro atoms. The van der Waals surface area contributed by atoms with E-state index in [0.717, 1.165) is 10.9 Å². The highest BCUT2D eigenvalue weighted by atomic mass is 16.6. The SMILES string of the molecule is CCOC(=O)c1coc(Oc2ccc(OC(C)C(=O)C(C#N)C(=O)n3cccn3)cc2)n1. The lowest BCUT2D eigenvalue weighted by atomic mass is 10.0. The minimum atomic E-state index is -1.55. The zero-order valence-electron chi connectivity index (χ0n) is 17.1. The zero-order chi connectivity index (χ0) is 23.1. The molecule has 0 amide bonds. The molecule has 2 heterocycles. The number of Topliss-reactive ketones (excluding diaryl/α,β-unsaturated/α-hetero) is 1. The van der Waals surface area contributed by atoms with E-state index in [-0.39, 0.29) is 18.4 Å². The van der Waals surface area contributed by atoms with Crippen molar-refractivity contribution < 1.29 is 33.0 Å². The van der Waals surface area contributed by atoms with Crippen LogP contribution in [0.5, 0.6) is 17.6 Å². The summed E-state index contributed by atoms with van der Waals surface area (Å²) in [6.07, 6.45) is 2.63. The van der Waals surface area contributed by atoms with E-state index in [4.69, 9.17) is 18.6 Å². The topological polar surface area (TPSA) is 147 Å². The van der Waals surface area contributed by atoms with Crippen LogP contribution in [-0.4, -0.2) is 45.1 Å². The lowest BCUT2D eigenvalue weighted by Gasteiger charge is -2.16. The van der Waals surface area contributed by atoms with Crippen molar-refractivity contribution in [1.29, 1.82) is 5.26 Å². The molecule has 0 aliphatic carbocycles. The number of rotatable bonds is 9. The first kappa shape index (κ1) is 22.2. The van der Waals surface area contributed by atoms with Gasteiger partial charge in [-0.1, -0.05) is 0 Å². The predicted molar refractivity (Wildman–Crippen MR) is 106 cm³/mol. The number of esters is 1. The van der Waals surface area contributed by atoms with Gasteiger partial charge in [-0.05, 0) is 44.2 Å². The Morgan fingerprint density at radius 1 is 1.22 bits per heavy atom. The molecule has 0 saturated carbocycles. The van der Waals surface area contributed by atoms with Crippen molar-refractivity contribution in [2.45, 2.75) is 20.0 Å². The fourth-order valence-corrected chi connectivity index (χ4v) is 2.56. The second-order valence-electron chi connectivity index (χ2n) is 6.31. The Kier molecular flexibility index (Phi) is 6.97. The van der Waals surface area contributed by atoms with E-state index in [2.05, 4.69) is 10.1 Å². The lowest BCUT2D eigenvalue weighted by molar-refractivity contribution is -0.126. The summed E-state index contributed by atoms with van der Waals surface area (Å²) in [6, 6.07) is 9.30.